The van der Waals surface area contributed by atoms with Gasteiger partial charge in [0.25, 0.3) is 11.6 Å². The lowest BCUT2D eigenvalue weighted by Crippen LogP contribution is -2.11. The van der Waals surface area contributed by atoms with E-state index in [1.54, 1.807) is 12.1 Å². The van der Waals surface area contributed by atoms with Gasteiger partial charge in [0.2, 0.25) is 0 Å². The van der Waals surface area contributed by atoms with E-state index in [1.165, 1.54) is 23.8 Å². The number of furan rings is 1. The summed E-state index contributed by atoms with van der Waals surface area (Å²) in [6, 6.07) is 13.0. The molecule has 3 aromatic rings. The zero-order valence-corrected chi connectivity index (χ0v) is 14.8. The second-order valence-electron chi connectivity index (χ2n) is 5.84. The van der Waals surface area contributed by atoms with Gasteiger partial charge in [-0.3, -0.25) is 14.9 Å². The number of anilines is 1. The highest BCUT2D eigenvalue weighted by Crippen LogP contribution is 2.28. The van der Waals surface area contributed by atoms with Gasteiger partial charge in [-0.1, -0.05) is 23.7 Å². The summed E-state index contributed by atoms with van der Waals surface area (Å²) in [7, 11) is 0. The number of aryl methyl sites for hydroxylation is 2. The van der Waals surface area contributed by atoms with Gasteiger partial charge in [-0.2, -0.15) is 0 Å². The number of benzene rings is 2. The van der Waals surface area contributed by atoms with Gasteiger partial charge in [0, 0.05) is 17.7 Å². The second-order valence-corrected chi connectivity index (χ2v) is 6.25. The van der Waals surface area contributed by atoms with Gasteiger partial charge in [-0.25, -0.2) is 0 Å². The molecule has 0 aliphatic heterocycles. The lowest BCUT2D eigenvalue weighted by Gasteiger charge is -2.05. The molecule has 0 atom stereocenters. The minimum Gasteiger partial charge on any atom is -0.451 e. The molecule has 26 heavy (non-hydrogen) atoms. The van der Waals surface area contributed by atoms with Gasteiger partial charge < -0.3 is 9.73 Å². The predicted molar refractivity (Wildman–Crippen MR) is 99.7 cm³/mol. The number of hydrogen-bond acceptors (Lipinski definition) is 4. The second kappa shape index (κ2) is 7.01. The number of carbonyl (C=O) groups is 1. The summed E-state index contributed by atoms with van der Waals surface area (Å²) in [5, 5.41) is 13.4. The molecule has 1 heterocycles. The van der Waals surface area contributed by atoms with E-state index in [2.05, 4.69) is 5.32 Å². The first-order chi connectivity index (χ1) is 12.3. The first-order valence-corrected chi connectivity index (χ1v) is 8.15. The molecule has 0 bridgehead atoms. The van der Waals surface area contributed by atoms with E-state index in [9.17, 15) is 14.9 Å². The first kappa shape index (κ1) is 17.7. The van der Waals surface area contributed by atoms with E-state index in [0.29, 0.717) is 5.76 Å². The summed E-state index contributed by atoms with van der Waals surface area (Å²) < 4.78 is 5.64. The van der Waals surface area contributed by atoms with Crippen LogP contribution in [0.1, 0.15) is 21.7 Å². The molecule has 2 aromatic carbocycles. The Morgan fingerprint density at radius 2 is 1.85 bits per heavy atom. The Bertz CT molecular complexity index is 1010. The molecule has 0 aliphatic carbocycles. The van der Waals surface area contributed by atoms with E-state index in [4.69, 9.17) is 16.0 Å². The largest absolute Gasteiger partial charge is 0.451 e. The van der Waals surface area contributed by atoms with Crippen molar-refractivity contribution >= 4 is 28.9 Å². The number of nitrogens with one attached hydrogen (secondary N) is 1. The molecule has 0 fully saturated rings. The number of non-ortho nitro benzene ring substituents is 1. The molecule has 0 saturated heterocycles. The molecule has 0 aliphatic rings. The molecule has 1 aromatic heterocycles. The molecule has 0 saturated carbocycles. The van der Waals surface area contributed by atoms with Crippen LogP contribution < -0.4 is 5.32 Å². The third-order valence-corrected chi connectivity index (χ3v) is 4.35. The average Bonchev–Trinajstić information content (AvgIpc) is 3.09. The summed E-state index contributed by atoms with van der Waals surface area (Å²) in [6.45, 7) is 4.03. The lowest BCUT2D eigenvalue weighted by molar-refractivity contribution is -0.384. The van der Waals surface area contributed by atoms with E-state index < -0.39 is 10.8 Å². The quantitative estimate of drug-likeness (QED) is 0.493. The molecule has 7 heteroatoms. The van der Waals surface area contributed by atoms with Crippen LogP contribution in [0.2, 0.25) is 5.02 Å². The third-order valence-electron chi connectivity index (χ3n) is 4.03. The minimum atomic E-state index is -0.556. The molecule has 0 radical (unpaired) electrons. The summed E-state index contributed by atoms with van der Waals surface area (Å²) in [5.74, 6) is 0.205. The number of carbonyl (C=O) groups excluding carboxylic acids is 1. The third kappa shape index (κ3) is 3.60. The molecule has 0 unspecified atom stereocenters. The number of rotatable bonds is 4. The van der Waals surface area contributed by atoms with Crippen molar-refractivity contribution in [2.24, 2.45) is 0 Å². The maximum Gasteiger partial charge on any atom is 0.291 e. The van der Waals surface area contributed by atoms with Gasteiger partial charge in [0.1, 0.15) is 5.76 Å². The number of hydrogen-bond donors (Lipinski definition) is 1. The standard InChI is InChI=1S/C19H15ClN2O4/c1-11-3-4-13(9-12(11)2)17-7-8-18(26-17)19(23)21-16-6-5-14(22(24)25)10-15(16)20/h3-10H,1-2H3,(H,21,23). The fourth-order valence-electron chi connectivity index (χ4n) is 2.41. The normalized spacial score (nSPS) is 10.6. The zero-order valence-electron chi connectivity index (χ0n) is 14.1. The van der Waals surface area contributed by atoms with Crippen LogP contribution >= 0.6 is 11.6 Å². The molecule has 132 valence electrons. The average molecular weight is 371 g/mol. The van der Waals surface area contributed by atoms with Gasteiger partial charge in [-0.15, -0.1) is 0 Å². The van der Waals surface area contributed by atoms with Crippen molar-refractivity contribution in [3.8, 4) is 11.3 Å². The first-order valence-electron chi connectivity index (χ1n) is 7.78. The van der Waals surface area contributed by atoms with Crippen LogP contribution in [0.5, 0.6) is 0 Å². The van der Waals surface area contributed by atoms with Crippen LogP contribution in [0.3, 0.4) is 0 Å². The molecular weight excluding hydrogens is 356 g/mol. The Labute approximate surface area is 154 Å². The highest BCUT2D eigenvalue weighted by Gasteiger charge is 2.16. The van der Waals surface area contributed by atoms with Gasteiger partial charge in [-0.05, 0) is 49.2 Å². The molecule has 6 nitrogen and oxygen atoms in total. The summed E-state index contributed by atoms with van der Waals surface area (Å²) >= 11 is 5.99. The summed E-state index contributed by atoms with van der Waals surface area (Å²) in [4.78, 5) is 22.5. The molecule has 3 rings (SSSR count). The fourth-order valence-corrected chi connectivity index (χ4v) is 2.63. The van der Waals surface area contributed by atoms with Crippen molar-refractivity contribution in [2.45, 2.75) is 13.8 Å². The van der Waals surface area contributed by atoms with Crippen LogP contribution in [0.15, 0.2) is 52.9 Å². The maximum atomic E-state index is 12.4. The minimum absolute atomic E-state index is 0.0773. The van der Waals surface area contributed by atoms with Crippen molar-refractivity contribution in [2.75, 3.05) is 5.32 Å². The number of nitro groups is 1. The Balaban J connectivity index is 1.80. The molecular formula is C19H15ClN2O4. The van der Waals surface area contributed by atoms with Crippen molar-refractivity contribution < 1.29 is 14.1 Å². The molecule has 1 amide bonds. The number of amides is 1. The Hall–Kier alpha value is -3.12. The SMILES string of the molecule is Cc1ccc(-c2ccc(C(=O)Nc3ccc([N+](=O)[O-])cc3Cl)o2)cc1C. The van der Waals surface area contributed by atoms with Crippen LogP contribution in [0, 0.1) is 24.0 Å². The zero-order chi connectivity index (χ0) is 18.8. The number of halogens is 1. The van der Waals surface area contributed by atoms with E-state index in [1.807, 2.05) is 32.0 Å². The smallest absolute Gasteiger partial charge is 0.291 e. The van der Waals surface area contributed by atoms with Crippen LogP contribution in [-0.4, -0.2) is 10.8 Å². The van der Waals surface area contributed by atoms with Crippen LogP contribution in [-0.2, 0) is 0 Å². The van der Waals surface area contributed by atoms with E-state index >= 15 is 0 Å². The van der Waals surface area contributed by atoms with Gasteiger partial charge >= 0.3 is 0 Å². The number of nitro benzene ring substituents is 1. The highest BCUT2D eigenvalue weighted by atomic mass is 35.5. The molecule has 0 spiro atoms. The van der Waals surface area contributed by atoms with E-state index in [0.717, 1.165) is 11.1 Å². The van der Waals surface area contributed by atoms with E-state index in [-0.39, 0.29) is 22.2 Å². The van der Waals surface area contributed by atoms with Crippen molar-refractivity contribution in [1.82, 2.24) is 0 Å². The van der Waals surface area contributed by atoms with Crippen LogP contribution in [0.25, 0.3) is 11.3 Å². The van der Waals surface area contributed by atoms with Gasteiger partial charge in [0.05, 0.1) is 15.6 Å². The highest BCUT2D eigenvalue weighted by molar-refractivity contribution is 6.34. The lowest BCUT2D eigenvalue weighted by atomic mass is 10.1. The van der Waals surface area contributed by atoms with Crippen molar-refractivity contribution in [3.63, 3.8) is 0 Å². The monoisotopic (exact) mass is 370 g/mol. The Morgan fingerprint density at radius 1 is 1.08 bits per heavy atom. The molecule has 1 N–H and O–H groups in total. The number of nitrogens with zero attached hydrogens (tertiary/aromatic N) is 1. The Kier molecular flexibility index (Phi) is 4.77. The summed E-state index contributed by atoms with van der Waals surface area (Å²) in [6.07, 6.45) is 0. The predicted octanol–water partition coefficient (Wildman–Crippen LogP) is 5.38. The summed E-state index contributed by atoms with van der Waals surface area (Å²) in [5.41, 5.74) is 3.29. The topological polar surface area (TPSA) is 85.4 Å². The Morgan fingerprint density at radius 3 is 2.50 bits per heavy atom. The van der Waals surface area contributed by atoms with Crippen LogP contribution in [0.4, 0.5) is 11.4 Å². The van der Waals surface area contributed by atoms with Gasteiger partial charge in [0.15, 0.2) is 5.76 Å². The maximum absolute atomic E-state index is 12.4. The fraction of sp³-hybridized carbons (Fsp3) is 0.105. The van der Waals surface area contributed by atoms with Crippen molar-refractivity contribution in [3.05, 3.63) is 80.6 Å². The van der Waals surface area contributed by atoms with Crippen molar-refractivity contribution in [1.29, 1.82) is 0 Å².